The van der Waals surface area contributed by atoms with E-state index in [1.165, 1.54) is 0 Å². The maximum absolute atomic E-state index is 11.4. The Morgan fingerprint density at radius 3 is 2.05 bits per heavy atom. The van der Waals surface area contributed by atoms with Crippen molar-refractivity contribution in [2.75, 3.05) is 27.2 Å². The molecule has 0 atom stereocenters. The van der Waals surface area contributed by atoms with Gasteiger partial charge in [0.2, 0.25) is 0 Å². The van der Waals surface area contributed by atoms with Crippen LogP contribution in [-0.2, 0) is 14.4 Å². The summed E-state index contributed by atoms with van der Waals surface area (Å²) in [7, 11) is -2.23. The van der Waals surface area contributed by atoms with E-state index in [0.29, 0.717) is 6.02 Å². The van der Waals surface area contributed by atoms with E-state index in [-0.39, 0.29) is 24.7 Å². The van der Waals surface area contributed by atoms with Gasteiger partial charge in [0.25, 0.3) is 11.8 Å². The topological polar surface area (TPSA) is 52.9 Å². The third-order valence-electron chi connectivity index (χ3n) is 2.82. The van der Waals surface area contributed by atoms with Crippen molar-refractivity contribution in [1.82, 2.24) is 9.96 Å². The fourth-order valence-electron chi connectivity index (χ4n) is 1.91. The summed E-state index contributed by atoms with van der Waals surface area (Å²) in [6.45, 7) is 1.74. The molecule has 2 aliphatic heterocycles. The molecule has 21 heavy (non-hydrogen) atoms. The molecule has 0 radical (unpaired) electrons. The van der Waals surface area contributed by atoms with Crippen molar-refractivity contribution in [2.45, 2.75) is 19.3 Å². The van der Waals surface area contributed by atoms with Crippen LogP contribution < -0.4 is 0 Å². The lowest BCUT2D eigenvalue weighted by molar-refractivity contribution is -0.522. The Labute approximate surface area is 119 Å². The molecule has 2 rings (SSSR count). The Bertz CT molecular complexity index is 433. The van der Waals surface area contributed by atoms with Gasteiger partial charge < -0.3 is 17.3 Å². The largest absolute Gasteiger partial charge is 0.673 e. The number of nitrogens with zero attached hydrogens (tertiary/aromatic N) is 3. The lowest BCUT2D eigenvalue weighted by Crippen LogP contribution is -2.46. The highest BCUT2D eigenvalue weighted by Gasteiger charge is 2.36. The molecule has 1 fully saturated rings. The zero-order chi connectivity index (χ0) is 16.2. The summed E-state index contributed by atoms with van der Waals surface area (Å²) in [5.41, 5.74) is 0. The zero-order valence-electron chi connectivity index (χ0n) is 11.7. The van der Waals surface area contributed by atoms with Gasteiger partial charge in [-0.3, -0.25) is 14.4 Å². The van der Waals surface area contributed by atoms with E-state index in [1.807, 2.05) is 23.6 Å². The predicted molar refractivity (Wildman–Crippen MR) is 65.7 cm³/mol. The number of amides is 2. The van der Waals surface area contributed by atoms with Crippen molar-refractivity contribution in [3.05, 3.63) is 0 Å². The molecule has 0 bridgehead atoms. The number of halogens is 4. The van der Waals surface area contributed by atoms with Gasteiger partial charge in [0.1, 0.15) is 0 Å². The molecule has 2 aliphatic rings. The Morgan fingerprint density at radius 1 is 1.14 bits per heavy atom. The lowest BCUT2D eigenvalue weighted by Gasteiger charge is -2.23. The first-order valence-corrected chi connectivity index (χ1v) is 6.30. The van der Waals surface area contributed by atoms with Gasteiger partial charge in [-0.15, -0.1) is 0 Å². The normalized spacial score (nSPS) is 19.7. The minimum Gasteiger partial charge on any atom is -0.418 e. The maximum atomic E-state index is 11.4. The third kappa shape index (κ3) is 5.60. The molecule has 2 amide bonds. The molecule has 0 saturated carbocycles. The summed E-state index contributed by atoms with van der Waals surface area (Å²) < 4.78 is 40.9. The van der Waals surface area contributed by atoms with Crippen LogP contribution in [0.3, 0.4) is 0 Å². The van der Waals surface area contributed by atoms with E-state index in [2.05, 4.69) is 0 Å². The average Bonchev–Trinajstić information content (AvgIpc) is 2.63. The molecular weight excluding hydrogens is 297 g/mol. The van der Waals surface area contributed by atoms with Crippen molar-refractivity contribution in [3.63, 3.8) is 0 Å². The number of hydrogen-bond acceptors (Lipinski definition) is 4. The van der Waals surface area contributed by atoms with Gasteiger partial charge in [0.15, 0.2) is 0 Å². The van der Waals surface area contributed by atoms with Crippen LogP contribution in [0.5, 0.6) is 0 Å². The number of carbonyl (C=O) groups is 2. The van der Waals surface area contributed by atoms with Gasteiger partial charge in [-0.1, -0.05) is 5.06 Å². The fourth-order valence-corrected chi connectivity index (χ4v) is 1.91. The second-order valence-electron chi connectivity index (χ2n) is 4.65. The standard InChI is InChI=1S/C10H16N3O3.BF4/c1-11-6-3-7-12(2)10(11)16-13-8(14)4-5-9(13)15;2-1(3,4)5/h3-7H2,1-2H3;/q+1;-1. The van der Waals surface area contributed by atoms with Gasteiger partial charge in [-0.25, -0.2) is 9.48 Å². The molecule has 0 unspecified atom stereocenters. The van der Waals surface area contributed by atoms with Crippen molar-refractivity contribution in [1.29, 1.82) is 0 Å². The van der Waals surface area contributed by atoms with E-state index in [4.69, 9.17) is 4.84 Å². The monoisotopic (exact) mass is 313 g/mol. The first kappa shape index (κ1) is 17.2. The Hall–Kier alpha value is -1.81. The zero-order valence-corrected chi connectivity index (χ0v) is 11.7. The minimum atomic E-state index is -6.00. The van der Waals surface area contributed by atoms with Crippen LogP contribution >= 0.6 is 0 Å². The molecule has 0 aliphatic carbocycles. The molecule has 0 N–H and O–H groups in total. The third-order valence-corrected chi connectivity index (χ3v) is 2.82. The van der Waals surface area contributed by atoms with E-state index in [1.54, 1.807) is 0 Å². The molecule has 0 spiro atoms. The molecule has 6 nitrogen and oxygen atoms in total. The summed E-state index contributed by atoms with van der Waals surface area (Å²) in [4.78, 5) is 30.1. The van der Waals surface area contributed by atoms with Gasteiger partial charge >= 0.3 is 13.3 Å². The van der Waals surface area contributed by atoms with E-state index < -0.39 is 7.25 Å². The van der Waals surface area contributed by atoms with E-state index in [0.717, 1.165) is 24.6 Å². The quantitative estimate of drug-likeness (QED) is 0.309. The highest BCUT2D eigenvalue weighted by atomic mass is 19.5. The SMILES string of the molecule is CN1CCC[N+](C)=C1ON1C(=O)CCC1=O.F[B-](F)(F)F. The second kappa shape index (κ2) is 6.77. The van der Waals surface area contributed by atoms with Gasteiger partial charge in [0, 0.05) is 19.3 Å². The first-order valence-electron chi connectivity index (χ1n) is 6.30. The Balaban J connectivity index is 0.000000383. The van der Waals surface area contributed by atoms with Crippen LogP contribution in [0, 0.1) is 0 Å². The number of amidine groups is 1. The first-order chi connectivity index (χ1) is 9.59. The van der Waals surface area contributed by atoms with Crippen molar-refractivity contribution in [2.24, 2.45) is 0 Å². The Morgan fingerprint density at radius 2 is 1.62 bits per heavy atom. The summed E-state index contributed by atoms with van der Waals surface area (Å²) in [6.07, 6.45) is 1.54. The molecule has 120 valence electrons. The van der Waals surface area contributed by atoms with Crippen molar-refractivity contribution < 1.29 is 36.3 Å². The summed E-state index contributed by atoms with van der Waals surface area (Å²) in [5, 5.41) is 0.883. The van der Waals surface area contributed by atoms with Crippen molar-refractivity contribution in [3.8, 4) is 0 Å². The molecule has 1 saturated heterocycles. The minimum absolute atomic E-state index is 0.250. The number of carbonyl (C=O) groups excluding carboxylic acids is 2. The number of rotatable bonds is 1. The number of imide groups is 1. The molecule has 0 aromatic rings. The predicted octanol–water partition coefficient (Wildman–Crippen LogP) is 0.701. The van der Waals surface area contributed by atoms with Crippen LogP contribution in [0.25, 0.3) is 0 Å². The molecule has 11 heteroatoms. The Kier molecular flexibility index (Phi) is 5.56. The summed E-state index contributed by atoms with van der Waals surface area (Å²) >= 11 is 0. The van der Waals surface area contributed by atoms with E-state index >= 15 is 0 Å². The van der Waals surface area contributed by atoms with Crippen molar-refractivity contribution >= 4 is 25.1 Å². The maximum Gasteiger partial charge on any atom is 0.673 e. The highest BCUT2D eigenvalue weighted by Crippen LogP contribution is 2.14. The lowest BCUT2D eigenvalue weighted by atomic mass is 10.3. The molecule has 0 aromatic heterocycles. The van der Waals surface area contributed by atoms with Crippen LogP contribution in [-0.4, -0.2) is 66.8 Å². The van der Waals surface area contributed by atoms with Crippen LogP contribution in [0.1, 0.15) is 19.3 Å². The summed E-state index contributed by atoms with van der Waals surface area (Å²) in [5.74, 6) is -0.519. The second-order valence-corrected chi connectivity index (χ2v) is 4.65. The van der Waals surface area contributed by atoms with Crippen LogP contribution in [0.15, 0.2) is 0 Å². The highest BCUT2D eigenvalue weighted by molar-refractivity contribution is 6.50. The number of hydroxylamine groups is 2. The van der Waals surface area contributed by atoms with Gasteiger partial charge in [-0.05, 0) is 0 Å². The molecular formula is C10H16BF4N3O3. The van der Waals surface area contributed by atoms with Gasteiger partial charge in [0.05, 0.1) is 27.2 Å². The fraction of sp³-hybridized carbons (Fsp3) is 0.700. The van der Waals surface area contributed by atoms with E-state index in [9.17, 15) is 26.9 Å². The van der Waals surface area contributed by atoms with Gasteiger partial charge in [-0.2, -0.15) is 0 Å². The number of hydrogen-bond donors (Lipinski definition) is 0. The average molecular weight is 313 g/mol. The molecule has 0 aromatic carbocycles. The van der Waals surface area contributed by atoms with Crippen LogP contribution in [0.4, 0.5) is 17.3 Å². The van der Waals surface area contributed by atoms with Crippen LogP contribution in [0.2, 0.25) is 0 Å². The summed E-state index contributed by atoms with van der Waals surface area (Å²) in [6, 6.07) is 0.565. The molecule has 2 heterocycles. The smallest absolute Gasteiger partial charge is 0.418 e.